The van der Waals surface area contributed by atoms with Gasteiger partial charge >= 0.3 is 0 Å². The Kier molecular flexibility index (Phi) is 5.55. The van der Waals surface area contributed by atoms with Gasteiger partial charge in [-0.2, -0.15) is 0 Å². The van der Waals surface area contributed by atoms with Gasteiger partial charge in [0.15, 0.2) is 0 Å². The molecule has 1 aromatic heterocycles. The highest BCUT2D eigenvalue weighted by atomic mass is 16.5. The monoisotopic (exact) mass is 280 g/mol. The number of aromatic amines is 1. The van der Waals surface area contributed by atoms with E-state index < -0.39 is 0 Å². The van der Waals surface area contributed by atoms with E-state index in [1.54, 1.807) is 6.92 Å². The van der Waals surface area contributed by atoms with Crippen LogP contribution in [-0.4, -0.2) is 35.3 Å². The molecule has 0 aliphatic heterocycles. The van der Waals surface area contributed by atoms with Crippen molar-refractivity contribution in [3.63, 3.8) is 0 Å². The first-order valence-electron chi connectivity index (χ1n) is 7.32. The third-order valence-electron chi connectivity index (χ3n) is 3.56. The Morgan fingerprint density at radius 1 is 1.45 bits per heavy atom. The summed E-state index contributed by atoms with van der Waals surface area (Å²) in [5.41, 5.74) is 5.73. The summed E-state index contributed by atoms with van der Waals surface area (Å²) in [7, 11) is 0. The topological polar surface area (TPSA) is 93.0 Å². The van der Waals surface area contributed by atoms with E-state index in [4.69, 9.17) is 10.5 Å². The Morgan fingerprint density at radius 2 is 2.20 bits per heavy atom. The summed E-state index contributed by atoms with van der Waals surface area (Å²) >= 11 is 0. The molecule has 0 atom stereocenters. The van der Waals surface area contributed by atoms with Crippen LogP contribution in [0.4, 0.5) is 5.82 Å². The number of rotatable bonds is 6. The van der Waals surface area contributed by atoms with E-state index in [-0.39, 0.29) is 5.56 Å². The van der Waals surface area contributed by atoms with Crippen LogP contribution in [0.15, 0.2) is 10.9 Å². The van der Waals surface area contributed by atoms with E-state index in [1.165, 1.54) is 6.07 Å². The van der Waals surface area contributed by atoms with E-state index >= 15 is 0 Å². The minimum absolute atomic E-state index is 0.130. The van der Waals surface area contributed by atoms with Gasteiger partial charge in [-0.05, 0) is 39.0 Å². The molecule has 6 nitrogen and oxygen atoms in total. The highest BCUT2D eigenvalue weighted by molar-refractivity contribution is 5.32. The number of ether oxygens (including phenoxy) is 1. The minimum Gasteiger partial charge on any atom is -0.378 e. The Morgan fingerprint density at radius 3 is 2.90 bits per heavy atom. The van der Waals surface area contributed by atoms with Crippen molar-refractivity contribution in [2.75, 3.05) is 18.5 Å². The van der Waals surface area contributed by atoms with E-state index in [0.717, 1.165) is 45.3 Å². The number of anilines is 1. The zero-order valence-corrected chi connectivity index (χ0v) is 12.0. The van der Waals surface area contributed by atoms with Crippen LogP contribution in [0.1, 0.15) is 37.9 Å². The van der Waals surface area contributed by atoms with Gasteiger partial charge in [-0.1, -0.05) is 0 Å². The van der Waals surface area contributed by atoms with Crippen LogP contribution >= 0.6 is 0 Å². The molecule has 0 unspecified atom stereocenters. The summed E-state index contributed by atoms with van der Waals surface area (Å²) < 4.78 is 5.83. The third kappa shape index (κ3) is 4.94. The maximum atomic E-state index is 11.3. The number of hydrogen-bond donors (Lipinski definition) is 3. The highest BCUT2D eigenvalue weighted by Gasteiger charge is 2.18. The van der Waals surface area contributed by atoms with Crippen LogP contribution in [-0.2, 0) is 4.74 Å². The molecule has 1 heterocycles. The lowest BCUT2D eigenvalue weighted by Gasteiger charge is -2.26. The molecule has 0 spiro atoms. The van der Waals surface area contributed by atoms with Crippen molar-refractivity contribution in [2.24, 2.45) is 5.73 Å². The van der Waals surface area contributed by atoms with Crippen molar-refractivity contribution in [2.45, 2.75) is 51.2 Å². The molecule has 1 fully saturated rings. The highest BCUT2D eigenvalue weighted by Crippen LogP contribution is 2.19. The van der Waals surface area contributed by atoms with Crippen molar-refractivity contribution >= 4 is 5.82 Å². The van der Waals surface area contributed by atoms with Gasteiger partial charge in [0, 0.05) is 25.3 Å². The molecular formula is C14H24N4O2. The van der Waals surface area contributed by atoms with Crippen molar-refractivity contribution in [1.29, 1.82) is 0 Å². The van der Waals surface area contributed by atoms with Crippen LogP contribution in [0.2, 0.25) is 0 Å². The maximum absolute atomic E-state index is 11.3. The Labute approximate surface area is 119 Å². The fourth-order valence-corrected chi connectivity index (χ4v) is 2.46. The molecule has 1 aromatic rings. The largest absolute Gasteiger partial charge is 0.378 e. The zero-order chi connectivity index (χ0) is 14.4. The number of nitrogens with zero attached hydrogens (tertiary/aromatic N) is 1. The van der Waals surface area contributed by atoms with Gasteiger partial charge in [0.2, 0.25) is 0 Å². The van der Waals surface area contributed by atoms with E-state index in [1.807, 2.05) is 0 Å². The van der Waals surface area contributed by atoms with E-state index in [2.05, 4.69) is 15.3 Å². The van der Waals surface area contributed by atoms with Crippen LogP contribution in [0, 0.1) is 6.92 Å². The number of nitrogens with two attached hydrogens (primary N) is 1. The second kappa shape index (κ2) is 7.40. The molecule has 1 aliphatic rings. The van der Waals surface area contributed by atoms with E-state index in [9.17, 15) is 4.79 Å². The van der Waals surface area contributed by atoms with Gasteiger partial charge in [0.05, 0.1) is 6.10 Å². The molecule has 112 valence electrons. The molecule has 0 saturated heterocycles. The van der Waals surface area contributed by atoms with Crippen LogP contribution in [0.25, 0.3) is 0 Å². The second-order valence-corrected chi connectivity index (χ2v) is 5.40. The quantitative estimate of drug-likeness (QED) is 0.680. The van der Waals surface area contributed by atoms with Crippen LogP contribution in [0.3, 0.4) is 0 Å². The average Bonchev–Trinajstić information content (AvgIpc) is 2.39. The van der Waals surface area contributed by atoms with Crippen molar-refractivity contribution in [1.82, 2.24) is 9.97 Å². The predicted octanol–water partition coefficient (Wildman–Crippen LogP) is 1.17. The summed E-state index contributed by atoms with van der Waals surface area (Å²) in [6.45, 7) is 3.25. The first kappa shape index (κ1) is 15.0. The summed E-state index contributed by atoms with van der Waals surface area (Å²) in [6.07, 6.45) is 5.55. The molecule has 0 amide bonds. The van der Waals surface area contributed by atoms with Gasteiger partial charge in [0.1, 0.15) is 11.6 Å². The van der Waals surface area contributed by atoms with Gasteiger partial charge in [-0.15, -0.1) is 0 Å². The molecule has 4 N–H and O–H groups in total. The zero-order valence-electron chi connectivity index (χ0n) is 12.0. The Hall–Kier alpha value is -1.40. The minimum atomic E-state index is -0.130. The Balaban J connectivity index is 1.60. The van der Waals surface area contributed by atoms with E-state index in [0.29, 0.717) is 23.8 Å². The molecule has 2 rings (SSSR count). The van der Waals surface area contributed by atoms with Crippen molar-refractivity contribution in [3.8, 4) is 0 Å². The summed E-state index contributed by atoms with van der Waals surface area (Å²) in [5, 5.41) is 3.14. The predicted molar refractivity (Wildman–Crippen MR) is 78.9 cm³/mol. The average molecular weight is 280 g/mol. The van der Waals surface area contributed by atoms with Crippen molar-refractivity contribution in [3.05, 3.63) is 22.2 Å². The summed E-state index contributed by atoms with van der Waals surface area (Å²) in [5.74, 6) is 1.24. The van der Waals surface area contributed by atoms with Gasteiger partial charge in [-0.3, -0.25) is 4.79 Å². The summed E-state index contributed by atoms with van der Waals surface area (Å²) in [4.78, 5) is 18.1. The molecule has 0 aromatic carbocycles. The first-order valence-corrected chi connectivity index (χ1v) is 7.32. The molecule has 6 heteroatoms. The third-order valence-corrected chi connectivity index (χ3v) is 3.56. The molecule has 1 saturated carbocycles. The molecular weight excluding hydrogens is 256 g/mol. The lowest BCUT2D eigenvalue weighted by atomic mass is 9.94. The lowest BCUT2D eigenvalue weighted by molar-refractivity contribution is 0.0251. The van der Waals surface area contributed by atoms with Crippen molar-refractivity contribution < 1.29 is 4.74 Å². The smallest absolute Gasteiger partial charge is 0.252 e. The molecule has 0 radical (unpaired) electrons. The van der Waals surface area contributed by atoms with Crippen LogP contribution in [0.5, 0.6) is 0 Å². The maximum Gasteiger partial charge on any atom is 0.252 e. The number of aryl methyl sites for hydroxylation is 1. The first-order chi connectivity index (χ1) is 9.63. The normalized spacial score (nSPS) is 22.7. The Bertz CT molecular complexity index is 466. The number of hydrogen-bond acceptors (Lipinski definition) is 5. The van der Waals surface area contributed by atoms with Gasteiger partial charge in [0.25, 0.3) is 5.56 Å². The van der Waals surface area contributed by atoms with Gasteiger partial charge < -0.3 is 20.8 Å². The van der Waals surface area contributed by atoms with Gasteiger partial charge in [-0.25, -0.2) is 4.98 Å². The second-order valence-electron chi connectivity index (χ2n) is 5.40. The SMILES string of the molecule is Cc1nc(NCCCOC2CCC(N)CC2)cc(=O)[nH]1. The number of H-pyrrole nitrogens is 1. The fourth-order valence-electron chi connectivity index (χ4n) is 2.46. The standard InChI is InChI=1S/C14H24N4O2/c1-10-17-13(9-14(19)18-10)16-7-2-8-20-12-5-3-11(15)4-6-12/h9,11-12H,2-8,15H2,1H3,(H2,16,17,18,19). The molecule has 0 bridgehead atoms. The molecule has 20 heavy (non-hydrogen) atoms. The summed E-state index contributed by atoms with van der Waals surface area (Å²) in [6, 6.07) is 1.83. The molecule has 1 aliphatic carbocycles. The fraction of sp³-hybridized carbons (Fsp3) is 0.714. The number of nitrogens with one attached hydrogen (secondary N) is 2. The lowest BCUT2D eigenvalue weighted by Crippen LogP contribution is -2.30. The van der Waals surface area contributed by atoms with Crippen LogP contribution < -0.4 is 16.6 Å². The number of aromatic nitrogens is 2.